The molecule has 0 saturated heterocycles. The molecule has 3 heteroatoms. The first kappa shape index (κ1) is 50.0. The molecular weight excluding hydrogens is 883 g/mol. The summed E-state index contributed by atoms with van der Waals surface area (Å²) in [4.78, 5) is 8.30. The summed E-state index contributed by atoms with van der Waals surface area (Å²) in [7, 11) is 0. The van der Waals surface area contributed by atoms with Gasteiger partial charge in [0, 0.05) is 49.5 Å². The van der Waals surface area contributed by atoms with Crippen LogP contribution in [0.1, 0.15) is 158 Å². The number of nitrogens with one attached hydrogen (secondary N) is 2. The average molecular weight is 962 g/mol. The first-order valence-electron chi connectivity index (χ1n) is 26.8. The topological polar surface area (TPSA) is 36.5 Å². The van der Waals surface area contributed by atoms with Crippen LogP contribution in [0, 0.1) is 0 Å². The second-order valence-electron chi connectivity index (χ2n) is 27.5. The molecule has 0 radical (unpaired) electrons. The fourth-order valence-corrected chi connectivity index (χ4v) is 10.8. The van der Waals surface area contributed by atoms with E-state index in [1.165, 1.54) is 99.3 Å². The summed E-state index contributed by atoms with van der Waals surface area (Å²) in [6.45, 7) is 41.8. The Labute approximate surface area is 436 Å². The number of aromatic amines is 2. The molecule has 10 rings (SSSR count). The molecule has 0 aliphatic rings. The Morgan fingerprint density at radius 1 is 0.274 bits per heavy atom. The van der Waals surface area contributed by atoms with Gasteiger partial charge in [0.15, 0.2) is 0 Å². The number of para-hydroxylation sites is 1. The van der Waals surface area contributed by atoms with Gasteiger partial charge >= 0.3 is 0 Å². The zero-order valence-corrected chi connectivity index (χ0v) is 47.2. The lowest BCUT2D eigenvalue weighted by molar-refractivity contribution is 0.590. The molecule has 0 fully saturated rings. The number of benzene rings is 7. The number of fused-ring (bicyclic) bond motifs is 6. The van der Waals surface area contributed by atoms with E-state index in [9.17, 15) is 0 Å². The lowest BCUT2D eigenvalue weighted by atomic mass is 9.82. The number of aromatic nitrogens is 3. The van der Waals surface area contributed by atoms with Gasteiger partial charge in [0.25, 0.3) is 0 Å². The van der Waals surface area contributed by atoms with Crippen molar-refractivity contribution >= 4 is 43.6 Å². The molecule has 3 aromatic heterocycles. The lowest BCUT2D eigenvalue weighted by Crippen LogP contribution is -2.12. The van der Waals surface area contributed by atoms with Crippen LogP contribution in [0.2, 0.25) is 0 Å². The maximum absolute atomic E-state index is 4.15. The molecule has 3 heterocycles. The van der Waals surface area contributed by atoms with Crippen LogP contribution < -0.4 is 0 Å². The predicted molar refractivity (Wildman–Crippen MR) is 318 cm³/mol. The zero-order valence-electron chi connectivity index (χ0n) is 47.2. The van der Waals surface area contributed by atoms with Crippen molar-refractivity contribution in [1.82, 2.24) is 14.5 Å². The Morgan fingerprint density at radius 3 is 0.836 bits per heavy atom. The lowest BCUT2D eigenvalue weighted by Gasteiger charge is -2.23. The molecule has 0 unspecified atom stereocenters. The van der Waals surface area contributed by atoms with Crippen LogP contribution in [0.4, 0.5) is 0 Å². The third kappa shape index (κ3) is 9.06. The smallest absolute Gasteiger partial charge is 0.0560 e. The van der Waals surface area contributed by atoms with Crippen LogP contribution in [-0.4, -0.2) is 14.5 Å². The van der Waals surface area contributed by atoms with Crippen LogP contribution in [0.25, 0.3) is 94.1 Å². The summed E-state index contributed by atoms with van der Waals surface area (Å²) in [5.41, 5.74) is 23.1. The Morgan fingerprint density at radius 2 is 0.548 bits per heavy atom. The molecule has 0 atom stereocenters. The van der Waals surface area contributed by atoms with E-state index < -0.39 is 0 Å². The van der Waals surface area contributed by atoms with E-state index in [0.29, 0.717) is 0 Å². The maximum Gasteiger partial charge on any atom is 0.0560 e. The fraction of sp³-hybridized carbons (Fsp3) is 0.343. The first-order valence-corrected chi connectivity index (χ1v) is 26.8. The third-order valence-electron chi connectivity index (χ3n) is 15.7. The largest absolute Gasteiger partial charge is 0.353 e. The molecule has 0 amide bonds. The van der Waals surface area contributed by atoms with Crippen molar-refractivity contribution in [2.24, 2.45) is 0 Å². The van der Waals surface area contributed by atoms with E-state index in [4.69, 9.17) is 0 Å². The maximum atomic E-state index is 4.15. The van der Waals surface area contributed by atoms with Crippen molar-refractivity contribution in [3.8, 4) is 50.5 Å². The van der Waals surface area contributed by atoms with Gasteiger partial charge in [-0.2, -0.15) is 0 Å². The Kier molecular flexibility index (Phi) is 11.6. The molecule has 7 aromatic carbocycles. The van der Waals surface area contributed by atoms with Gasteiger partial charge < -0.3 is 14.5 Å². The number of rotatable bonds is 5. The van der Waals surface area contributed by atoms with E-state index >= 15 is 0 Å². The summed E-state index contributed by atoms with van der Waals surface area (Å²) in [6.07, 6.45) is 0. The van der Waals surface area contributed by atoms with E-state index in [0.717, 1.165) is 28.1 Å². The van der Waals surface area contributed by atoms with Crippen LogP contribution in [0.15, 0.2) is 140 Å². The van der Waals surface area contributed by atoms with Gasteiger partial charge in [0.05, 0.1) is 33.5 Å². The number of hydrogen-bond donors (Lipinski definition) is 2. The van der Waals surface area contributed by atoms with Gasteiger partial charge in [-0.1, -0.05) is 191 Å². The number of nitrogens with zero attached hydrogens (tertiary/aromatic N) is 1. The van der Waals surface area contributed by atoms with Gasteiger partial charge in [-0.25, -0.2) is 0 Å². The standard InChI is InChI=1S/C70H79N3/c1-65(2,3)44-28-24-42(25-29-44)51-34-46(67(7,8)9)36-53-55-38-48(69(13,14)15)40-57(63(55)71-61(51)53)59-32-33-60(73(59)50-22-20-19-21-23-50)58-41-49(70(16,17)18)39-56-54-37-47(68(10,11)12)35-52(62(54)72-64(56)58)43-26-30-45(31-27-43)66(4,5)6/h19-41,71-72H,1-18H3. The summed E-state index contributed by atoms with van der Waals surface area (Å²) in [5.74, 6) is 0. The highest BCUT2D eigenvalue weighted by molar-refractivity contribution is 6.18. The predicted octanol–water partition coefficient (Wildman–Crippen LogP) is 20.2. The first-order chi connectivity index (χ1) is 34.0. The highest BCUT2D eigenvalue weighted by Gasteiger charge is 2.29. The summed E-state index contributed by atoms with van der Waals surface area (Å²) in [5, 5.41) is 5.03. The second kappa shape index (κ2) is 17.0. The molecular formula is C70H79N3. The minimum atomic E-state index is -0.110. The fourth-order valence-electron chi connectivity index (χ4n) is 10.8. The van der Waals surface area contributed by atoms with E-state index in [1.807, 2.05) is 0 Å². The van der Waals surface area contributed by atoms with Crippen molar-refractivity contribution in [3.63, 3.8) is 0 Å². The summed E-state index contributed by atoms with van der Waals surface area (Å²) >= 11 is 0. The monoisotopic (exact) mass is 962 g/mol. The van der Waals surface area contributed by atoms with Gasteiger partial charge in [0.1, 0.15) is 0 Å². The number of H-pyrrole nitrogens is 2. The second-order valence-corrected chi connectivity index (χ2v) is 27.5. The van der Waals surface area contributed by atoms with Crippen molar-refractivity contribution in [1.29, 1.82) is 0 Å². The minimum absolute atomic E-state index is 0.0548. The Hall–Kier alpha value is -6.58. The molecule has 2 N–H and O–H groups in total. The van der Waals surface area contributed by atoms with E-state index in [-0.39, 0.29) is 32.5 Å². The molecule has 0 saturated carbocycles. The minimum Gasteiger partial charge on any atom is -0.353 e. The number of hydrogen-bond acceptors (Lipinski definition) is 0. The van der Waals surface area contributed by atoms with E-state index in [2.05, 4.69) is 279 Å². The van der Waals surface area contributed by atoms with Crippen LogP contribution in [-0.2, 0) is 32.5 Å². The molecule has 10 aromatic rings. The highest BCUT2D eigenvalue weighted by Crippen LogP contribution is 2.47. The van der Waals surface area contributed by atoms with Crippen molar-refractivity contribution < 1.29 is 0 Å². The summed E-state index contributed by atoms with van der Waals surface area (Å²) < 4.78 is 2.53. The highest BCUT2D eigenvalue weighted by atomic mass is 15.0. The Bertz CT molecular complexity index is 3500. The van der Waals surface area contributed by atoms with E-state index in [1.54, 1.807) is 0 Å². The summed E-state index contributed by atoms with van der Waals surface area (Å²) in [6, 6.07) is 54.0. The molecule has 73 heavy (non-hydrogen) atoms. The third-order valence-corrected chi connectivity index (χ3v) is 15.7. The van der Waals surface area contributed by atoms with Crippen molar-refractivity contribution in [3.05, 3.63) is 173 Å². The molecule has 0 bridgehead atoms. The normalized spacial score (nSPS) is 13.3. The quantitative estimate of drug-likeness (QED) is 0.172. The molecule has 3 nitrogen and oxygen atoms in total. The zero-order chi connectivity index (χ0) is 52.5. The van der Waals surface area contributed by atoms with Crippen LogP contribution in [0.5, 0.6) is 0 Å². The average Bonchev–Trinajstić information content (AvgIpc) is 4.03. The van der Waals surface area contributed by atoms with Crippen molar-refractivity contribution in [2.45, 2.75) is 157 Å². The molecule has 0 spiro atoms. The van der Waals surface area contributed by atoms with Crippen molar-refractivity contribution in [2.75, 3.05) is 0 Å². The SMILES string of the molecule is CC(C)(C)c1ccc(-c2cc(C(C)(C)C)cc3c2[nH]c2c(-c4ccc(-c5cc(C(C)(C)C)cc6c5[nH]c5c(-c7ccc(C(C)(C)C)cc7)cc(C(C)(C)C)cc56)n4-c4ccccc4)cc(C(C)(C)C)cc23)cc1. The van der Waals surface area contributed by atoms with Gasteiger partial charge in [0.2, 0.25) is 0 Å². The molecule has 0 aliphatic heterocycles. The van der Waals surface area contributed by atoms with Crippen LogP contribution in [0.3, 0.4) is 0 Å². The Balaban J connectivity index is 1.29. The molecule has 0 aliphatic carbocycles. The van der Waals surface area contributed by atoms with Gasteiger partial charge in [-0.3, -0.25) is 0 Å². The van der Waals surface area contributed by atoms with Gasteiger partial charge in [-0.15, -0.1) is 0 Å². The van der Waals surface area contributed by atoms with Crippen LogP contribution >= 0.6 is 0 Å². The molecule has 374 valence electrons. The van der Waals surface area contributed by atoms with Gasteiger partial charge in [-0.05, 0) is 150 Å².